The van der Waals surface area contributed by atoms with Gasteiger partial charge in [0.05, 0.1) is 16.1 Å². The van der Waals surface area contributed by atoms with Crippen molar-refractivity contribution >= 4 is 32.6 Å². The summed E-state index contributed by atoms with van der Waals surface area (Å²) in [6.45, 7) is 8.74. The minimum absolute atomic E-state index is 0.0387. The number of amides is 1. The Hall–Kier alpha value is -1.46. The number of nitrogens with two attached hydrogens (primary N) is 1. The average Bonchev–Trinajstić information content (AvgIpc) is 2.75. The molecule has 1 heterocycles. The van der Waals surface area contributed by atoms with Gasteiger partial charge in [-0.1, -0.05) is 38.2 Å². The highest BCUT2D eigenvalue weighted by Crippen LogP contribution is 2.28. The minimum Gasteiger partial charge on any atom is -0.330 e. The molecule has 0 saturated carbocycles. The van der Waals surface area contributed by atoms with Crippen LogP contribution in [-0.4, -0.2) is 17.4 Å². The molecule has 114 valence electrons. The van der Waals surface area contributed by atoms with Crippen LogP contribution < -0.4 is 11.1 Å². The Morgan fingerprint density at radius 1 is 1.43 bits per heavy atom. The lowest BCUT2D eigenvalue weighted by Gasteiger charge is -2.23. The Morgan fingerprint density at radius 2 is 2.14 bits per heavy atom. The van der Waals surface area contributed by atoms with Crippen molar-refractivity contribution in [2.24, 2.45) is 17.1 Å². The standard InChI is InChI=1S/C16H23N3OS/c1-10-5-6-12-13(7-10)21-15(18-12)19-14(20)11(9-17)8-16(2,3)4/h5-7,11H,8-9,17H2,1-4H3,(H,18,19,20). The third-order valence-corrected chi connectivity index (χ3v) is 4.22. The number of nitrogens with one attached hydrogen (secondary N) is 1. The molecule has 0 fully saturated rings. The normalized spacial score (nSPS) is 13.4. The maximum Gasteiger partial charge on any atom is 0.230 e. The molecular weight excluding hydrogens is 282 g/mol. The number of fused-ring (bicyclic) bond motifs is 1. The Kier molecular flexibility index (Phi) is 4.64. The van der Waals surface area contributed by atoms with E-state index in [1.165, 1.54) is 16.9 Å². The van der Waals surface area contributed by atoms with E-state index in [4.69, 9.17) is 5.73 Å². The van der Waals surface area contributed by atoms with Crippen LogP contribution in [0.4, 0.5) is 5.13 Å². The number of aromatic nitrogens is 1. The van der Waals surface area contributed by atoms with Gasteiger partial charge in [-0.2, -0.15) is 0 Å². The highest BCUT2D eigenvalue weighted by atomic mass is 32.1. The summed E-state index contributed by atoms with van der Waals surface area (Å²) in [6, 6.07) is 6.08. The average molecular weight is 305 g/mol. The molecule has 0 aliphatic carbocycles. The fourth-order valence-corrected chi connectivity index (χ4v) is 3.28. The van der Waals surface area contributed by atoms with Gasteiger partial charge in [0, 0.05) is 6.54 Å². The molecule has 21 heavy (non-hydrogen) atoms. The fourth-order valence-electron chi connectivity index (χ4n) is 2.32. The van der Waals surface area contributed by atoms with Crippen molar-refractivity contribution in [2.75, 3.05) is 11.9 Å². The molecule has 0 aliphatic rings. The van der Waals surface area contributed by atoms with Gasteiger partial charge in [0.1, 0.15) is 0 Å². The lowest BCUT2D eigenvalue weighted by atomic mass is 9.84. The number of hydrogen-bond acceptors (Lipinski definition) is 4. The van der Waals surface area contributed by atoms with Crippen LogP contribution in [0.15, 0.2) is 18.2 Å². The number of carbonyl (C=O) groups is 1. The summed E-state index contributed by atoms with van der Waals surface area (Å²) in [5.41, 5.74) is 7.94. The predicted octanol–water partition coefficient (Wildman–Crippen LogP) is 3.55. The van der Waals surface area contributed by atoms with Gasteiger partial charge in [-0.15, -0.1) is 0 Å². The first-order valence-corrected chi connectivity index (χ1v) is 7.98. The Morgan fingerprint density at radius 3 is 2.76 bits per heavy atom. The van der Waals surface area contributed by atoms with E-state index in [0.717, 1.165) is 16.6 Å². The van der Waals surface area contributed by atoms with Crippen molar-refractivity contribution in [1.29, 1.82) is 0 Å². The number of benzene rings is 1. The zero-order valence-electron chi connectivity index (χ0n) is 13.1. The number of carbonyl (C=O) groups excluding carboxylic acids is 1. The zero-order valence-corrected chi connectivity index (χ0v) is 13.9. The molecule has 1 atom stereocenters. The summed E-state index contributed by atoms with van der Waals surface area (Å²) in [5.74, 6) is -0.220. The molecule has 0 radical (unpaired) electrons. The molecule has 3 N–H and O–H groups in total. The molecular formula is C16H23N3OS. The molecule has 1 amide bonds. The minimum atomic E-state index is -0.182. The molecule has 0 aliphatic heterocycles. The summed E-state index contributed by atoms with van der Waals surface area (Å²) in [7, 11) is 0. The molecule has 1 aromatic heterocycles. The van der Waals surface area contributed by atoms with Crippen molar-refractivity contribution in [3.63, 3.8) is 0 Å². The third-order valence-electron chi connectivity index (χ3n) is 3.29. The van der Waals surface area contributed by atoms with E-state index in [9.17, 15) is 4.79 Å². The second kappa shape index (κ2) is 6.12. The summed E-state index contributed by atoms with van der Waals surface area (Å²) in [6.07, 6.45) is 0.763. The Bertz CT molecular complexity index is 642. The van der Waals surface area contributed by atoms with E-state index in [1.54, 1.807) is 0 Å². The van der Waals surface area contributed by atoms with Gasteiger partial charge in [-0.25, -0.2) is 4.98 Å². The van der Waals surface area contributed by atoms with Crippen molar-refractivity contribution in [1.82, 2.24) is 4.98 Å². The van der Waals surface area contributed by atoms with Crippen LogP contribution in [0.5, 0.6) is 0 Å². The predicted molar refractivity (Wildman–Crippen MR) is 89.6 cm³/mol. The van der Waals surface area contributed by atoms with E-state index in [2.05, 4.69) is 37.1 Å². The Labute approximate surface area is 129 Å². The summed E-state index contributed by atoms with van der Waals surface area (Å²) < 4.78 is 1.09. The van der Waals surface area contributed by atoms with Gasteiger partial charge in [0.2, 0.25) is 5.91 Å². The van der Waals surface area contributed by atoms with Crippen molar-refractivity contribution < 1.29 is 4.79 Å². The lowest BCUT2D eigenvalue weighted by molar-refractivity contribution is -0.120. The number of anilines is 1. The van der Waals surface area contributed by atoms with Gasteiger partial charge in [-0.05, 0) is 36.5 Å². The molecule has 1 unspecified atom stereocenters. The van der Waals surface area contributed by atoms with Gasteiger partial charge in [0.15, 0.2) is 5.13 Å². The van der Waals surface area contributed by atoms with Crippen LogP contribution in [0.1, 0.15) is 32.8 Å². The Balaban J connectivity index is 2.13. The maximum atomic E-state index is 12.3. The van der Waals surface area contributed by atoms with E-state index < -0.39 is 0 Å². The zero-order chi connectivity index (χ0) is 15.6. The number of nitrogens with zero attached hydrogens (tertiary/aromatic N) is 1. The second-order valence-electron chi connectivity index (χ2n) is 6.68. The van der Waals surface area contributed by atoms with Gasteiger partial charge in [-0.3, -0.25) is 4.79 Å². The summed E-state index contributed by atoms with van der Waals surface area (Å²) in [5, 5.41) is 3.56. The first-order valence-electron chi connectivity index (χ1n) is 7.16. The topological polar surface area (TPSA) is 68.0 Å². The monoisotopic (exact) mass is 305 g/mol. The van der Waals surface area contributed by atoms with Crippen LogP contribution >= 0.6 is 11.3 Å². The SMILES string of the molecule is Cc1ccc2nc(NC(=O)C(CN)CC(C)(C)C)sc2c1. The van der Waals surface area contributed by atoms with Crippen LogP contribution in [0.2, 0.25) is 0 Å². The molecule has 0 bridgehead atoms. The quantitative estimate of drug-likeness (QED) is 0.907. The van der Waals surface area contributed by atoms with Gasteiger partial charge in [0.25, 0.3) is 0 Å². The molecule has 5 heteroatoms. The molecule has 0 spiro atoms. The lowest BCUT2D eigenvalue weighted by Crippen LogP contribution is -2.32. The molecule has 0 saturated heterocycles. The van der Waals surface area contributed by atoms with Crippen LogP contribution in [-0.2, 0) is 4.79 Å². The third kappa shape index (κ3) is 4.25. The largest absolute Gasteiger partial charge is 0.330 e. The molecule has 1 aromatic carbocycles. The van der Waals surface area contributed by atoms with Gasteiger partial charge < -0.3 is 11.1 Å². The van der Waals surface area contributed by atoms with Crippen molar-refractivity contribution in [2.45, 2.75) is 34.1 Å². The number of rotatable bonds is 4. The first-order chi connectivity index (χ1) is 9.78. The smallest absolute Gasteiger partial charge is 0.230 e. The summed E-state index contributed by atoms with van der Waals surface area (Å²) >= 11 is 1.50. The van der Waals surface area contributed by atoms with Crippen LogP contribution in [0.25, 0.3) is 10.2 Å². The fraction of sp³-hybridized carbons (Fsp3) is 0.500. The van der Waals surface area contributed by atoms with E-state index in [1.807, 2.05) is 19.1 Å². The van der Waals surface area contributed by atoms with Crippen molar-refractivity contribution in [3.8, 4) is 0 Å². The second-order valence-corrected chi connectivity index (χ2v) is 7.71. The van der Waals surface area contributed by atoms with E-state index in [-0.39, 0.29) is 17.2 Å². The number of hydrogen-bond donors (Lipinski definition) is 2. The highest BCUT2D eigenvalue weighted by molar-refractivity contribution is 7.22. The molecule has 2 rings (SSSR count). The first kappa shape index (κ1) is 15.9. The van der Waals surface area contributed by atoms with E-state index >= 15 is 0 Å². The number of thiazole rings is 1. The molecule has 4 nitrogen and oxygen atoms in total. The van der Waals surface area contributed by atoms with E-state index in [0.29, 0.717) is 11.7 Å². The van der Waals surface area contributed by atoms with Gasteiger partial charge >= 0.3 is 0 Å². The van der Waals surface area contributed by atoms with Crippen LogP contribution in [0, 0.1) is 18.3 Å². The number of aryl methyl sites for hydroxylation is 1. The maximum absolute atomic E-state index is 12.3. The highest BCUT2D eigenvalue weighted by Gasteiger charge is 2.24. The van der Waals surface area contributed by atoms with Crippen molar-refractivity contribution in [3.05, 3.63) is 23.8 Å². The summed E-state index contributed by atoms with van der Waals surface area (Å²) in [4.78, 5) is 16.8. The molecule has 2 aromatic rings. The van der Waals surface area contributed by atoms with Crippen LogP contribution in [0.3, 0.4) is 0 Å².